The number of likely N-dealkylation sites (tertiary alicyclic amines) is 1. The van der Waals surface area contributed by atoms with Crippen molar-refractivity contribution in [3.63, 3.8) is 0 Å². The van der Waals surface area contributed by atoms with Crippen molar-refractivity contribution in [2.75, 3.05) is 39.9 Å². The summed E-state index contributed by atoms with van der Waals surface area (Å²) in [6.07, 6.45) is 1.30. The molecule has 1 N–H and O–H groups in total. The van der Waals surface area contributed by atoms with Gasteiger partial charge in [-0.3, -0.25) is 4.90 Å². The highest BCUT2D eigenvalue weighted by Crippen LogP contribution is 2.21. The molecule has 1 aliphatic heterocycles. The van der Waals surface area contributed by atoms with Crippen LogP contribution in [-0.2, 0) is 4.74 Å². The molecule has 1 saturated heterocycles. The van der Waals surface area contributed by atoms with Gasteiger partial charge in [0.1, 0.15) is 0 Å². The van der Waals surface area contributed by atoms with E-state index < -0.39 is 0 Å². The Kier molecular flexibility index (Phi) is 6.32. The van der Waals surface area contributed by atoms with Crippen molar-refractivity contribution in [1.29, 1.82) is 0 Å². The molecule has 0 spiro atoms. The van der Waals surface area contributed by atoms with Gasteiger partial charge in [0, 0.05) is 19.7 Å². The summed E-state index contributed by atoms with van der Waals surface area (Å²) >= 11 is 0. The highest BCUT2D eigenvalue weighted by Gasteiger charge is 2.28. The fourth-order valence-electron chi connectivity index (χ4n) is 2.51. The smallest absolute Gasteiger partial charge is 0.0503 e. The summed E-state index contributed by atoms with van der Waals surface area (Å²) in [7, 11) is 1.81. The van der Waals surface area contributed by atoms with Gasteiger partial charge in [-0.05, 0) is 44.8 Å². The summed E-state index contributed by atoms with van der Waals surface area (Å²) in [4.78, 5) is 2.62. The van der Waals surface area contributed by atoms with Crippen LogP contribution in [0.4, 0.5) is 0 Å². The number of ether oxygens (including phenoxy) is 1. The van der Waals surface area contributed by atoms with E-state index in [1.54, 1.807) is 7.11 Å². The van der Waals surface area contributed by atoms with Crippen LogP contribution in [0, 0.1) is 11.8 Å². The van der Waals surface area contributed by atoms with Gasteiger partial charge in [-0.15, -0.1) is 0 Å². The third kappa shape index (κ3) is 4.04. The van der Waals surface area contributed by atoms with E-state index in [1.165, 1.54) is 19.5 Å². The van der Waals surface area contributed by atoms with Crippen LogP contribution in [0.3, 0.4) is 0 Å². The topological polar surface area (TPSA) is 24.5 Å². The Morgan fingerprint density at radius 2 is 2.19 bits per heavy atom. The number of rotatable bonds is 7. The minimum Gasteiger partial charge on any atom is -0.384 e. The van der Waals surface area contributed by atoms with Crippen molar-refractivity contribution < 1.29 is 4.74 Å². The third-order valence-electron chi connectivity index (χ3n) is 3.84. The summed E-state index contributed by atoms with van der Waals surface area (Å²) in [5, 5.41) is 3.44. The molecule has 0 aromatic rings. The lowest BCUT2D eigenvalue weighted by Gasteiger charge is -2.29. The van der Waals surface area contributed by atoms with E-state index in [-0.39, 0.29) is 0 Å². The quantitative estimate of drug-likeness (QED) is 0.716. The van der Waals surface area contributed by atoms with Crippen LogP contribution in [0.5, 0.6) is 0 Å². The fraction of sp³-hybridized carbons (Fsp3) is 1.00. The predicted octanol–water partition coefficient (Wildman–Crippen LogP) is 1.59. The predicted molar refractivity (Wildman–Crippen MR) is 68.7 cm³/mol. The molecule has 0 amide bonds. The van der Waals surface area contributed by atoms with E-state index in [0.717, 1.165) is 31.5 Å². The molecule has 0 saturated carbocycles. The summed E-state index contributed by atoms with van der Waals surface area (Å²) in [5.74, 6) is 1.47. The van der Waals surface area contributed by atoms with Gasteiger partial charge in [-0.2, -0.15) is 0 Å². The van der Waals surface area contributed by atoms with Gasteiger partial charge in [0.25, 0.3) is 0 Å². The molecule has 1 rings (SSSR count). The molecule has 0 radical (unpaired) electrons. The summed E-state index contributed by atoms with van der Waals surface area (Å²) in [6, 6.07) is 0.681. The van der Waals surface area contributed by atoms with Crippen molar-refractivity contribution in [1.82, 2.24) is 10.2 Å². The molecular formula is C13H28N2O. The maximum absolute atomic E-state index is 5.24. The van der Waals surface area contributed by atoms with E-state index in [4.69, 9.17) is 4.74 Å². The lowest BCUT2D eigenvalue weighted by atomic mass is 10.0. The second-order valence-electron chi connectivity index (χ2n) is 5.13. The zero-order valence-electron chi connectivity index (χ0n) is 11.3. The largest absolute Gasteiger partial charge is 0.384 e. The first kappa shape index (κ1) is 13.9. The molecule has 16 heavy (non-hydrogen) atoms. The van der Waals surface area contributed by atoms with Crippen molar-refractivity contribution in [2.45, 2.75) is 33.2 Å². The number of nitrogens with one attached hydrogen (secondary N) is 1. The van der Waals surface area contributed by atoms with E-state index in [1.807, 2.05) is 0 Å². The Morgan fingerprint density at radius 3 is 2.81 bits per heavy atom. The highest BCUT2D eigenvalue weighted by molar-refractivity contribution is 4.82. The number of methoxy groups -OCH3 is 1. The van der Waals surface area contributed by atoms with E-state index >= 15 is 0 Å². The number of hydrogen-bond acceptors (Lipinski definition) is 3. The Labute approximate surface area is 101 Å². The van der Waals surface area contributed by atoms with Crippen LogP contribution in [0.15, 0.2) is 0 Å². The van der Waals surface area contributed by atoms with Gasteiger partial charge in [-0.1, -0.05) is 13.8 Å². The van der Waals surface area contributed by atoms with Crippen LogP contribution in [0.25, 0.3) is 0 Å². The number of nitrogens with zero attached hydrogens (tertiary/aromatic N) is 1. The third-order valence-corrected chi connectivity index (χ3v) is 3.84. The van der Waals surface area contributed by atoms with Crippen LogP contribution in [-0.4, -0.2) is 50.8 Å². The minimum absolute atomic E-state index is 0.681. The summed E-state index contributed by atoms with van der Waals surface area (Å²) in [6.45, 7) is 12.4. The zero-order valence-corrected chi connectivity index (χ0v) is 11.3. The van der Waals surface area contributed by atoms with Crippen LogP contribution < -0.4 is 5.32 Å². The molecule has 1 aliphatic rings. The first-order valence-corrected chi connectivity index (χ1v) is 6.62. The molecule has 3 nitrogen and oxygen atoms in total. The van der Waals surface area contributed by atoms with Crippen LogP contribution in [0.2, 0.25) is 0 Å². The first-order valence-electron chi connectivity index (χ1n) is 6.62. The standard InChI is InChI=1S/C13H28N2O/c1-5-14-8-11(2)12(3)15-7-6-13(9-15)10-16-4/h11-14H,5-10H2,1-4H3. The molecule has 96 valence electrons. The molecule has 0 aromatic carbocycles. The second kappa shape index (κ2) is 7.25. The minimum atomic E-state index is 0.681. The van der Waals surface area contributed by atoms with Gasteiger partial charge in [0.2, 0.25) is 0 Å². The van der Waals surface area contributed by atoms with Gasteiger partial charge in [0.05, 0.1) is 6.61 Å². The van der Waals surface area contributed by atoms with Crippen molar-refractivity contribution in [3.05, 3.63) is 0 Å². The molecular weight excluding hydrogens is 200 g/mol. The van der Waals surface area contributed by atoms with Gasteiger partial charge >= 0.3 is 0 Å². The molecule has 3 heteroatoms. The van der Waals surface area contributed by atoms with Crippen molar-refractivity contribution in [3.8, 4) is 0 Å². The monoisotopic (exact) mass is 228 g/mol. The zero-order chi connectivity index (χ0) is 12.0. The lowest BCUT2D eigenvalue weighted by Crippen LogP contribution is -2.40. The molecule has 1 heterocycles. The van der Waals surface area contributed by atoms with E-state index in [0.29, 0.717) is 6.04 Å². The number of hydrogen-bond donors (Lipinski definition) is 1. The first-order chi connectivity index (χ1) is 7.69. The summed E-state index contributed by atoms with van der Waals surface area (Å²) in [5.41, 5.74) is 0. The van der Waals surface area contributed by atoms with Gasteiger partial charge in [0.15, 0.2) is 0 Å². The van der Waals surface area contributed by atoms with Crippen molar-refractivity contribution >= 4 is 0 Å². The average Bonchev–Trinajstić information content (AvgIpc) is 2.74. The molecule has 0 bridgehead atoms. The molecule has 0 aliphatic carbocycles. The Morgan fingerprint density at radius 1 is 1.44 bits per heavy atom. The van der Waals surface area contributed by atoms with E-state index in [2.05, 4.69) is 31.0 Å². The van der Waals surface area contributed by atoms with Crippen LogP contribution >= 0.6 is 0 Å². The Bertz CT molecular complexity index is 187. The Hall–Kier alpha value is -0.120. The van der Waals surface area contributed by atoms with Gasteiger partial charge < -0.3 is 10.1 Å². The fourth-order valence-corrected chi connectivity index (χ4v) is 2.51. The lowest BCUT2D eigenvalue weighted by molar-refractivity contribution is 0.140. The second-order valence-corrected chi connectivity index (χ2v) is 5.13. The maximum atomic E-state index is 5.24. The van der Waals surface area contributed by atoms with Crippen molar-refractivity contribution in [2.24, 2.45) is 11.8 Å². The van der Waals surface area contributed by atoms with Gasteiger partial charge in [-0.25, -0.2) is 0 Å². The normalized spacial score (nSPS) is 25.9. The van der Waals surface area contributed by atoms with E-state index in [9.17, 15) is 0 Å². The molecule has 3 unspecified atom stereocenters. The Balaban J connectivity index is 2.29. The SMILES string of the molecule is CCNCC(C)C(C)N1CCC(COC)C1. The molecule has 0 aromatic heterocycles. The molecule has 1 fully saturated rings. The average molecular weight is 228 g/mol. The summed E-state index contributed by atoms with van der Waals surface area (Å²) < 4.78 is 5.24. The highest BCUT2D eigenvalue weighted by atomic mass is 16.5. The maximum Gasteiger partial charge on any atom is 0.0503 e. The van der Waals surface area contributed by atoms with Crippen LogP contribution in [0.1, 0.15) is 27.2 Å². The molecule has 3 atom stereocenters.